The van der Waals surface area contributed by atoms with Crippen LogP contribution in [0.4, 0.5) is 0 Å². The molecule has 1 saturated heterocycles. The van der Waals surface area contributed by atoms with Gasteiger partial charge in [-0.15, -0.1) is 0 Å². The fraction of sp³-hybridized carbons (Fsp3) is 1.00. The monoisotopic (exact) mass is 219 g/mol. The van der Waals surface area contributed by atoms with Gasteiger partial charge in [-0.25, -0.2) is 9.81 Å². The average molecular weight is 219 g/mol. The van der Waals surface area contributed by atoms with Gasteiger partial charge in [0.05, 0.1) is 12.6 Å². The highest BCUT2D eigenvalue weighted by atomic mass is 17.1. The van der Waals surface area contributed by atoms with Crippen molar-refractivity contribution in [3.63, 3.8) is 0 Å². The second-order valence-electron chi connectivity index (χ2n) is 5.22. The summed E-state index contributed by atoms with van der Waals surface area (Å²) in [4.78, 5) is 2.35. The van der Waals surface area contributed by atoms with E-state index < -0.39 is 22.1 Å². The van der Waals surface area contributed by atoms with E-state index in [1.54, 1.807) is 27.7 Å². The molecule has 1 aliphatic rings. The summed E-state index contributed by atoms with van der Waals surface area (Å²) in [5.41, 5.74) is -1.49. The first-order chi connectivity index (χ1) is 6.55. The SMILES string of the molecule is CO[N+]([O-])([O-])C1CC(C)(C)N(O)C1(C)C. The third-order valence-corrected chi connectivity index (χ3v) is 3.26. The van der Waals surface area contributed by atoms with Gasteiger partial charge in [-0.05, 0) is 27.7 Å². The van der Waals surface area contributed by atoms with Crippen LogP contribution in [0.25, 0.3) is 0 Å². The van der Waals surface area contributed by atoms with E-state index in [0.29, 0.717) is 0 Å². The highest BCUT2D eigenvalue weighted by molar-refractivity contribution is 5.03. The Morgan fingerprint density at radius 1 is 1.33 bits per heavy atom. The van der Waals surface area contributed by atoms with E-state index in [-0.39, 0.29) is 6.42 Å². The van der Waals surface area contributed by atoms with Crippen LogP contribution in [0.3, 0.4) is 0 Å². The van der Waals surface area contributed by atoms with Crippen LogP contribution in [0.15, 0.2) is 0 Å². The lowest BCUT2D eigenvalue weighted by Gasteiger charge is -2.50. The van der Waals surface area contributed by atoms with E-state index >= 15 is 0 Å². The normalized spacial score (nSPS) is 30.8. The molecule has 0 bridgehead atoms. The number of hydrogen-bond donors (Lipinski definition) is 1. The molecule has 1 heterocycles. The van der Waals surface area contributed by atoms with E-state index in [4.69, 9.17) is 0 Å². The first kappa shape index (κ1) is 12.8. The van der Waals surface area contributed by atoms with E-state index in [1.165, 1.54) is 0 Å². The second-order valence-corrected chi connectivity index (χ2v) is 5.22. The number of rotatable bonds is 2. The summed E-state index contributed by atoms with van der Waals surface area (Å²) in [6, 6.07) is -0.859. The summed E-state index contributed by atoms with van der Waals surface area (Å²) in [7, 11) is 1.09. The Bertz CT molecular complexity index is 252. The smallest absolute Gasteiger partial charge is 0.141 e. The maximum atomic E-state index is 11.5. The van der Waals surface area contributed by atoms with Crippen LogP contribution in [0.1, 0.15) is 34.1 Å². The van der Waals surface area contributed by atoms with E-state index in [2.05, 4.69) is 4.84 Å². The minimum Gasteiger partial charge on any atom is -0.597 e. The van der Waals surface area contributed by atoms with Crippen LogP contribution >= 0.6 is 0 Å². The van der Waals surface area contributed by atoms with Gasteiger partial charge in [0, 0.05) is 12.0 Å². The van der Waals surface area contributed by atoms with Crippen LogP contribution in [-0.4, -0.2) is 39.5 Å². The van der Waals surface area contributed by atoms with E-state index in [1.807, 2.05) is 0 Å². The molecule has 1 fully saturated rings. The zero-order chi connectivity index (χ0) is 12.1. The lowest BCUT2D eigenvalue weighted by Crippen LogP contribution is -2.57. The van der Waals surface area contributed by atoms with Crippen LogP contribution in [0.5, 0.6) is 0 Å². The van der Waals surface area contributed by atoms with Gasteiger partial charge in [-0.3, -0.25) is 0 Å². The quantitative estimate of drug-likeness (QED) is 0.560. The molecule has 0 aliphatic carbocycles. The standard InChI is InChI=1S/C9H19N2O4/c1-8(2)6-7(11(13,14)15-5)9(3,4)10(8)12/h7,12H,6H2,1-5H3/q-1. The van der Waals surface area contributed by atoms with Crippen LogP contribution in [0.2, 0.25) is 0 Å². The fourth-order valence-corrected chi connectivity index (χ4v) is 2.36. The molecule has 1 unspecified atom stereocenters. The predicted octanol–water partition coefficient (Wildman–Crippen LogP) is 1.38. The minimum absolute atomic E-state index is 0.289. The zero-order valence-electron chi connectivity index (χ0n) is 9.85. The van der Waals surface area contributed by atoms with Crippen molar-refractivity contribution in [2.24, 2.45) is 0 Å². The van der Waals surface area contributed by atoms with E-state index in [0.717, 1.165) is 12.2 Å². The van der Waals surface area contributed by atoms with Gasteiger partial charge < -0.3 is 15.6 Å². The van der Waals surface area contributed by atoms with Gasteiger partial charge >= 0.3 is 0 Å². The van der Waals surface area contributed by atoms with Gasteiger partial charge in [0.15, 0.2) is 0 Å². The molecule has 90 valence electrons. The van der Waals surface area contributed by atoms with Crippen molar-refractivity contribution in [3.05, 3.63) is 10.4 Å². The highest BCUT2D eigenvalue weighted by Crippen LogP contribution is 2.43. The number of nitrogens with zero attached hydrogens (tertiary/aromatic N) is 2. The van der Waals surface area contributed by atoms with Crippen molar-refractivity contribution in [2.75, 3.05) is 7.11 Å². The number of hydroxylamine groups is 5. The topological polar surface area (TPSA) is 78.8 Å². The number of hydrogen-bond acceptors (Lipinski definition) is 5. The summed E-state index contributed by atoms with van der Waals surface area (Å²) in [6.07, 6.45) is 0.289. The van der Waals surface area contributed by atoms with Crippen LogP contribution in [0, 0.1) is 10.4 Å². The van der Waals surface area contributed by atoms with Gasteiger partial charge in [0.25, 0.3) is 0 Å². The Morgan fingerprint density at radius 2 is 1.80 bits per heavy atom. The molecule has 15 heavy (non-hydrogen) atoms. The Labute approximate surface area is 89.7 Å². The molecule has 0 aromatic rings. The van der Waals surface area contributed by atoms with Crippen LogP contribution < -0.4 is 0 Å². The molecule has 1 atom stereocenters. The van der Waals surface area contributed by atoms with Crippen molar-refractivity contribution >= 4 is 0 Å². The molecule has 0 saturated carbocycles. The Hall–Kier alpha value is -0.240. The van der Waals surface area contributed by atoms with Gasteiger partial charge in [0.1, 0.15) is 6.04 Å². The van der Waals surface area contributed by atoms with Crippen molar-refractivity contribution in [2.45, 2.75) is 51.2 Å². The largest absolute Gasteiger partial charge is 0.597 e. The molecule has 0 aromatic heterocycles. The Kier molecular flexibility index (Phi) is 2.89. The fourth-order valence-electron chi connectivity index (χ4n) is 2.36. The second kappa shape index (κ2) is 3.38. The Morgan fingerprint density at radius 3 is 2.07 bits per heavy atom. The molecule has 1 rings (SSSR count). The lowest BCUT2D eigenvalue weighted by molar-refractivity contribution is -1.05. The molecule has 0 amide bonds. The first-order valence-corrected chi connectivity index (χ1v) is 4.91. The lowest BCUT2D eigenvalue weighted by atomic mass is 9.95. The maximum Gasteiger partial charge on any atom is 0.141 e. The molecule has 6 heteroatoms. The number of quaternary nitrogens is 1. The maximum absolute atomic E-state index is 11.5. The summed E-state index contributed by atoms with van der Waals surface area (Å²) in [6.45, 7) is 6.89. The third kappa shape index (κ3) is 1.89. The molecule has 6 nitrogen and oxygen atoms in total. The molecular weight excluding hydrogens is 200 g/mol. The third-order valence-electron chi connectivity index (χ3n) is 3.26. The summed E-state index contributed by atoms with van der Waals surface area (Å²) >= 11 is 0. The average Bonchev–Trinajstić information content (AvgIpc) is 2.27. The first-order valence-electron chi connectivity index (χ1n) is 4.91. The molecule has 1 N–H and O–H groups in total. The highest BCUT2D eigenvalue weighted by Gasteiger charge is 2.57. The summed E-state index contributed by atoms with van der Waals surface area (Å²) < 4.78 is 0. The van der Waals surface area contributed by atoms with Crippen molar-refractivity contribution in [1.29, 1.82) is 0 Å². The minimum atomic E-state index is -2.03. The molecule has 1 aliphatic heterocycles. The van der Waals surface area contributed by atoms with Crippen molar-refractivity contribution in [1.82, 2.24) is 5.06 Å². The molecule has 0 radical (unpaired) electrons. The zero-order valence-corrected chi connectivity index (χ0v) is 9.85. The molecular formula is C9H19N2O4-. The van der Waals surface area contributed by atoms with Crippen LogP contribution in [-0.2, 0) is 4.84 Å². The summed E-state index contributed by atoms with van der Waals surface area (Å²) in [5.74, 6) is 0. The van der Waals surface area contributed by atoms with Crippen molar-refractivity contribution in [3.8, 4) is 0 Å². The summed E-state index contributed by atoms with van der Waals surface area (Å²) in [5, 5.41) is 34.1. The predicted molar refractivity (Wildman–Crippen MR) is 54.2 cm³/mol. The Balaban J connectivity index is 3.04. The van der Waals surface area contributed by atoms with Crippen molar-refractivity contribution < 1.29 is 15.0 Å². The van der Waals surface area contributed by atoms with E-state index in [9.17, 15) is 15.6 Å². The van der Waals surface area contributed by atoms with Gasteiger partial charge in [-0.2, -0.15) is 5.06 Å². The molecule has 0 spiro atoms. The van der Waals surface area contributed by atoms with Gasteiger partial charge in [0.2, 0.25) is 0 Å². The van der Waals surface area contributed by atoms with Gasteiger partial charge in [-0.1, -0.05) is 0 Å². The molecule has 0 aromatic carbocycles.